The first-order valence-corrected chi connectivity index (χ1v) is 5.89. The molecule has 18 heavy (non-hydrogen) atoms. The lowest BCUT2D eigenvalue weighted by Crippen LogP contribution is -2.07. The van der Waals surface area contributed by atoms with E-state index in [0.717, 1.165) is 22.7 Å². The molecule has 1 heterocycles. The highest BCUT2D eigenvalue weighted by atomic mass is 16.5. The van der Waals surface area contributed by atoms with E-state index in [-0.39, 0.29) is 6.04 Å². The molecule has 0 aliphatic rings. The highest BCUT2D eigenvalue weighted by molar-refractivity contribution is 5.37. The standard InChI is InChI=1S/C13H18N4O/c1-9-6-11(10(2)14)4-5-12(9)18-7-13-15-8-16-17(13)3/h4-6,8,10H,7,14H2,1-3H3/t10-/m1/s1. The number of hydrogen-bond acceptors (Lipinski definition) is 4. The van der Waals surface area contributed by atoms with Gasteiger partial charge in [0.05, 0.1) is 0 Å². The first-order valence-electron chi connectivity index (χ1n) is 5.89. The second-order valence-electron chi connectivity index (χ2n) is 4.40. The Kier molecular flexibility index (Phi) is 3.62. The van der Waals surface area contributed by atoms with Gasteiger partial charge in [0, 0.05) is 13.1 Å². The van der Waals surface area contributed by atoms with Crippen LogP contribution in [0.5, 0.6) is 5.75 Å². The molecular formula is C13H18N4O. The van der Waals surface area contributed by atoms with Crippen molar-refractivity contribution in [1.29, 1.82) is 0 Å². The van der Waals surface area contributed by atoms with Crippen molar-refractivity contribution in [3.8, 4) is 5.75 Å². The lowest BCUT2D eigenvalue weighted by atomic mass is 10.1. The Morgan fingerprint density at radius 3 is 2.78 bits per heavy atom. The highest BCUT2D eigenvalue weighted by Gasteiger charge is 2.06. The third-order valence-corrected chi connectivity index (χ3v) is 2.89. The summed E-state index contributed by atoms with van der Waals surface area (Å²) in [6.45, 7) is 4.39. The molecule has 0 saturated heterocycles. The minimum absolute atomic E-state index is 0.0384. The van der Waals surface area contributed by atoms with Gasteiger partial charge >= 0.3 is 0 Å². The van der Waals surface area contributed by atoms with Gasteiger partial charge in [0.1, 0.15) is 18.7 Å². The molecule has 5 nitrogen and oxygen atoms in total. The van der Waals surface area contributed by atoms with E-state index in [1.54, 1.807) is 4.68 Å². The number of benzene rings is 1. The SMILES string of the molecule is Cc1cc([C@@H](C)N)ccc1OCc1ncnn1C. The van der Waals surface area contributed by atoms with E-state index < -0.39 is 0 Å². The number of aromatic nitrogens is 3. The molecule has 1 atom stereocenters. The van der Waals surface area contributed by atoms with Crippen LogP contribution in [0.15, 0.2) is 24.5 Å². The Labute approximate surface area is 107 Å². The Hall–Kier alpha value is -1.88. The van der Waals surface area contributed by atoms with Crippen LogP contribution in [0.2, 0.25) is 0 Å². The van der Waals surface area contributed by atoms with Gasteiger partial charge in [-0.05, 0) is 31.0 Å². The minimum Gasteiger partial charge on any atom is -0.485 e. The van der Waals surface area contributed by atoms with Crippen molar-refractivity contribution in [2.45, 2.75) is 26.5 Å². The van der Waals surface area contributed by atoms with Crippen LogP contribution in [0.25, 0.3) is 0 Å². The molecule has 2 rings (SSSR count). The van der Waals surface area contributed by atoms with Crippen molar-refractivity contribution in [2.75, 3.05) is 0 Å². The predicted molar refractivity (Wildman–Crippen MR) is 69.1 cm³/mol. The van der Waals surface area contributed by atoms with Crippen LogP contribution in [0, 0.1) is 6.92 Å². The number of rotatable bonds is 4. The van der Waals surface area contributed by atoms with Gasteiger partial charge in [-0.1, -0.05) is 12.1 Å². The average Bonchev–Trinajstić information content (AvgIpc) is 2.73. The van der Waals surface area contributed by atoms with Crippen LogP contribution >= 0.6 is 0 Å². The second-order valence-corrected chi connectivity index (χ2v) is 4.40. The van der Waals surface area contributed by atoms with Gasteiger partial charge in [0.2, 0.25) is 0 Å². The van der Waals surface area contributed by atoms with Crippen molar-refractivity contribution in [1.82, 2.24) is 14.8 Å². The molecule has 0 aliphatic carbocycles. The van der Waals surface area contributed by atoms with E-state index in [1.165, 1.54) is 6.33 Å². The molecule has 0 aliphatic heterocycles. The van der Waals surface area contributed by atoms with Crippen LogP contribution in [0.4, 0.5) is 0 Å². The predicted octanol–water partition coefficient (Wildman–Crippen LogP) is 1.72. The van der Waals surface area contributed by atoms with E-state index in [0.29, 0.717) is 6.61 Å². The molecule has 1 aromatic carbocycles. The quantitative estimate of drug-likeness (QED) is 0.892. The fraction of sp³-hybridized carbons (Fsp3) is 0.385. The second kappa shape index (κ2) is 5.18. The Morgan fingerprint density at radius 1 is 1.44 bits per heavy atom. The van der Waals surface area contributed by atoms with E-state index in [1.807, 2.05) is 33.0 Å². The molecule has 0 fully saturated rings. The topological polar surface area (TPSA) is 66.0 Å². The van der Waals surface area contributed by atoms with Crippen LogP contribution in [-0.4, -0.2) is 14.8 Å². The number of aryl methyl sites for hydroxylation is 2. The molecule has 2 N–H and O–H groups in total. The van der Waals surface area contributed by atoms with Crippen LogP contribution in [0.1, 0.15) is 29.9 Å². The molecule has 5 heteroatoms. The molecular weight excluding hydrogens is 228 g/mol. The molecule has 0 spiro atoms. The molecule has 2 aromatic rings. The van der Waals surface area contributed by atoms with E-state index in [4.69, 9.17) is 10.5 Å². The summed E-state index contributed by atoms with van der Waals surface area (Å²) in [6.07, 6.45) is 1.52. The van der Waals surface area contributed by atoms with E-state index in [2.05, 4.69) is 16.1 Å². The molecule has 0 bridgehead atoms. The van der Waals surface area contributed by atoms with E-state index >= 15 is 0 Å². The molecule has 1 aromatic heterocycles. The van der Waals surface area contributed by atoms with Crippen LogP contribution in [-0.2, 0) is 13.7 Å². The molecule has 0 amide bonds. The summed E-state index contributed by atoms with van der Waals surface area (Å²) in [5, 5.41) is 4.00. The summed E-state index contributed by atoms with van der Waals surface area (Å²) in [7, 11) is 1.84. The monoisotopic (exact) mass is 246 g/mol. The smallest absolute Gasteiger partial charge is 0.164 e. The number of nitrogens with zero attached hydrogens (tertiary/aromatic N) is 3. The average molecular weight is 246 g/mol. The van der Waals surface area contributed by atoms with Gasteiger partial charge in [-0.2, -0.15) is 5.10 Å². The van der Waals surface area contributed by atoms with E-state index in [9.17, 15) is 0 Å². The largest absolute Gasteiger partial charge is 0.485 e. The Morgan fingerprint density at radius 2 is 2.22 bits per heavy atom. The number of ether oxygens (including phenoxy) is 1. The number of nitrogens with two attached hydrogens (primary N) is 1. The molecule has 0 unspecified atom stereocenters. The maximum Gasteiger partial charge on any atom is 0.164 e. The lowest BCUT2D eigenvalue weighted by molar-refractivity contribution is 0.287. The summed E-state index contributed by atoms with van der Waals surface area (Å²) < 4.78 is 7.43. The van der Waals surface area contributed by atoms with Gasteiger partial charge in [0.15, 0.2) is 5.82 Å². The third-order valence-electron chi connectivity index (χ3n) is 2.89. The molecule has 96 valence electrons. The van der Waals surface area contributed by atoms with Crippen molar-refractivity contribution in [2.24, 2.45) is 12.8 Å². The zero-order chi connectivity index (χ0) is 13.1. The maximum absolute atomic E-state index is 5.84. The van der Waals surface area contributed by atoms with Crippen LogP contribution < -0.4 is 10.5 Å². The van der Waals surface area contributed by atoms with Gasteiger partial charge in [0.25, 0.3) is 0 Å². The zero-order valence-electron chi connectivity index (χ0n) is 10.9. The fourth-order valence-electron chi connectivity index (χ4n) is 1.71. The minimum atomic E-state index is 0.0384. The van der Waals surface area contributed by atoms with Gasteiger partial charge in [-0.15, -0.1) is 0 Å². The third kappa shape index (κ3) is 2.68. The van der Waals surface area contributed by atoms with Crippen molar-refractivity contribution < 1.29 is 4.74 Å². The van der Waals surface area contributed by atoms with Crippen molar-refractivity contribution in [3.05, 3.63) is 41.5 Å². The lowest BCUT2D eigenvalue weighted by Gasteiger charge is -2.12. The molecule has 0 saturated carbocycles. The first kappa shape index (κ1) is 12.6. The zero-order valence-corrected chi connectivity index (χ0v) is 10.9. The summed E-state index contributed by atoms with van der Waals surface area (Å²) in [5.74, 6) is 1.65. The molecule has 0 radical (unpaired) electrons. The summed E-state index contributed by atoms with van der Waals surface area (Å²) >= 11 is 0. The number of hydrogen-bond donors (Lipinski definition) is 1. The fourth-order valence-corrected chi connectivity index (χ4v) is 1.71. The summed E-state index contributed by atoms with van der Waals surface area (Å²) in [5.41, 5.74) is 8.03. The Bertz CT molecular complexity index is 534. The van der Waals surface area contributed by atoms with Crippen molar-refractivity contribution >= 4 is 0 Å². The first-order chi connectivity index (χ1) is 8.58. The van der Waals surface area contributed by atoms with Gasteiger partial charge in [-0.3, -0.25) is 4.68 Å². The normalized spacial score (nSPS) is 12.4. The summed E-state index contributed by atoms with van der Waals surface area (Å²) in [6, 6.07) is 6.03. The Balaban J connectivity index is 2.08. The maximum atomic E-state index is 5.84. The summed E-state index contributed by atoms with van der Waals surface area (Å²) in [4.78, 5) is 4.11. The van der Waals surface area contributed by atoms with Crippen LogP contribution in [0.3, 0.4) is 0 Å². The highest BCUT2D eigenvalue weighted by Crippen LogP contribution is 2.22. The van der Waals surface area contributed by atoms with Gasteiger partial charge in [-0.25, -0.2) is 4.98 Å². The van der Waals surface area contributed by atoms with Crippen molar-refractivity contribution in [3.63, 3.8) is 0 Å². The van der Waals surface area contributed by atoms with Gasteiger partial charge < -0.3 is 10.5 Å².